The zero-order chi connectivity index (χ0) is 22.4. The lowest BCUT2D eigenvalue weighted by atomic mass is 10.1. The fourth-order valence-corrected chi connectivity index (χ4v) is 2.90. The Morgan fingerprint density at radius 3 is 2.39 bits per heavy atom. The minimum atomic E-state index is -1.16. The SMILES string of the molecule is CNC(=O)NC(=O)[C@@H](C)OC(=O)c1cn(Cc2ccccc2)nc1-c1ccc(C)cc1. The summed E-state index contributed by atoms with van der Waals surface area (Å²) in [5, 5.41) is 8.95. The normalized spacial score (nSPS) is 11.5. The van der Waals surface area contributed by atoms with Crippen molar-refractivity contribution in [1.82, 2.24) is 20.4 Å². The van der Waals surface area contributed by atoms with Crippen molar-refractivity contribution >= 4 is 17.9 Å². The Labute approximate surface area is 180 Å². The second-order valence-electron chi connectivity index (χ2n) is 7.06. The van der Waals surface area contributed by atoms with Gasteiger partial charge >= 0.3 is 12.0 Å². The zero-order valence-corrected chi connectivity index (χ0v) is 17.6. The minimum absolute atomic E-state index is 0.236. The molecule has 1 heterocycles. The lowest BCUT2D eigenvalue weighted by Crippen LogP contribution is -2.43. The van der Waals surface area contributed by atoms with Crippen molar-refractivity contribution in [2.45, 2.75) is 26.5 Å². The Hall–Kier alpha value is -3.94. The molecule has 8 nitrogen and oxygen atoms in total. The molecule has 0 aliphatic heterocycles. The molecule has 2 N–H and O–H groups in total. The van der Waals surface area contributed by atoms with Gasteiger partial charge in [0.25, 0.3) is 5.91 Å². The molecule has 0 saturated heterocycles. The van der Waals surface area contributed by atoms with Gasteiger partial charge in [-0.3, -0.25) is 14.8 Å². The predicted molar refractivity (Wildman–Crippen MR) is 115 cm³/mol. The van der Waals surface area contributed by atoms with E-state index >= 15 is 0 Å². The first-order valence-corrected chi connectivity index (χ1v) is 9.79. The fraction of sp³-hybridized carbons (Fsp3) is 0.217. The molecule has 0 bridgehead atoms. The van der Waals surface area contributed by atoms with Crippen LogP contribution < -0.4 is 10.6 Å². The molecule has 3 aromatic rings. The Morgan fingerprint density at radius 2 is 1.74 bits per heavy atom. The van der Waals surface area contributed by atoms with E-state index in [0.717, 1.165) is 16.7 Å². The van der Waals surface area contributed by atoms with Crippen LogP contribution in [0, 0.1) is 6.92 Å². The van der Waals surface area contributed by atoms with Crippen LogP contribution in [0.15, 0.2) is 60.8 Å². The van der Waals surface area contributed by atoms with Crippen molar-refractivity contribution in [3.05, 3.63) is 77.5 Å². The molecule has 0 unspecified atom stereocenters. The van der Waals surface area contributed by atoms with Gasteiger partial charge in [0.2, 0.25) is 0 Å². The summed E-state index contributed by atoms with van der Waals surface area (Å²) in [7, 11) is 1.38. The van der Waals surface area contributed by atoms with Crippen molar-refractivity contribution < 1.29 is 19.1 Å². The van der Waals surface area contributed by atoms with Gasteiger partial charge in [-0.1, -0.05) is 60.2 Å². The van der Waals surface area contributed by atoms with Gasteiger partial charge in [-0.25, -0.2) is 9.59 Å². The maximum atomic E-state index is 12.9. The number of nitrogens with one attached hydrogen (secondary N) is 2. The Bertz CT molecular complexity index is 1070. The first-order valence-electron chi connectivity index (χ1n) is 9.79. The average Bonchev–Trinajstić information content (AvgIpc) is 3.18. The quantitative estimate of drug-likeness (QED) is 0.597. The van der Waals surface area contributed by atoms with Gasteiger partial charge < -0.3 is 10.1 Å². The van der Waals surface area contributed by atoms with Crippen molar-refractivity contribution in [2.24, 2.45) is 0 Å². The molecule has 2 aromatic carbocycles. The number of imide groups is 1. The van der Waals surface area contributed by atoms with E-state index in [1.807, 2.05) is 61.5 Å². The molecule has 1 atom stereocenters. The molecule has 0 spiro atoms. The zero-order valence-electron chi connectivity index (χ0n) is 17.6. The Morgan fingerprint density at radius 1 is 1.06 bits per heavy atom. The number of carbonyl (C=O) groups excluding carboxylic acids is 3. The molecule has 1 aromatic heterocycles. The van der Waals surface area contributed by atoms with Crippen LogP contribution in [-0.4, -0.2) is 40.8 Å². The predicted octanol–water partition coefficient (Wildman–Crippen LogP) is 2.91. The number of esters is 1. The molecular formula is C23H24N4O4. The van der Waals surface area contributed by atoms with Crippen LogP contribution in [-0.2, 0) is 16.1 Å². The first-order chi connectivity index (χ1) is 14.9. The van der Waals surface area contributed by atoms with Crippen molar-refractivity contribution in [2.75, 3.05) is 7.05 Å². The first kappa shape index (κ1) is 21.8. The highest BCUT2D eigenvalue weighted by Crippen LogP contribution is 2.24. The van der Waals surface area contributed by atoms with Crippen LogP contribution in [0.1, 0.15) is 28.4 Å². The van der Waals surface area contributed by atoms with Gasteiger partial charge in [0.15, 0.2) is 6.10 Å². The number of hydrogen-bond donors (Lipinski definition) is 2. The highest BCUT2D eigenvalue weighted by molar-refractivity contribution is 6.00. The van der Waals surface area contributed by atoms with Crippen LogP contribution in [0.2, 0.25) is 0 Å². The van der Waals surface area contributed by atoms with E-state index in [9.17, 15) is 14.4 Å². The Balaban J connectivity index is 1.87. The molecule has 3 amide bonds. The van der Waals surface area contributed by atoms with E-state index < -0.39 is 24.0 Å². The standard InChI is InChI=1S/C23H24N4O4/c1-15-9-11-18(12-10-15)20-19(14-27(26-20)13-17-7-5-4-6-8-17)22(29)31-16(2)21(28)25-23(30)24-3/h4-12,14,16H,13H2,1-3H3,(H2,24,25,28,30)/t16-/m1/s1. The van der Waals surface area contributed by atoms with Crippen LogP contribution >= 0.6 is 0 Å². The van der Waals surface area contributed by atoms with E-state index in [-0.39, 0.29) is 5.56 Å². The fourth-order valence-electron chi connectivity index (χ4n) is 2.90. The molecular weight excluding hydrogens is 396 g/mol. The van der Waals surface area contributed by atoms with Gasteiger partial charge in [0.05, 0.1) is 6.54 Å². The Kier molecular flexibility index (Phi) is 6.81. The third kappa shape index (κ3) is 5.57. The number of aryl methyl sites for hydroxylation is 1. The van der Waals surface area contributed by atoms with E-state index in [1.54, 1.807) is 10.9 Å². The molecule has 160 valence electrons. The molecule has 31 heavy (non-hydrogen) atoms. The molecule has 0 saturated carbocycles. The second kappa shape index (κ2) is 9.71. The summed E-state index contributed by atoms with van der Waals surface area (Å²) in [5.41, 5.74) is 3.56. The minimum Gasteiger partial charge on any atom is -0.449 e. The topological polar surface area (TPSA) is 102 Å². The van der Waals surface area contributed by atoms with E-state index in [1.165, 1.54) is 14.0 Å². The molecule has 3 rings (SSSR count). The van der Waals surface area contributed by atoms with E-state index in [4.69, 9.17) is 4.74 Å². The molecule has 0 radical (unpaired) electrons. The highest BCUT2D eigenvalue weighted by Gasteiger charge is 2.25. The summed E-state index contributed by atoms with van der Waals surface area (Å²) in [6.07, 6.45) is 0.446. The van der Waals surface area contributed by atoms with Crippen molar-refractivity contribution in [3.8, 4) is 11.3 Å². The van der Waals surface area contributed by atoms with Gasteiger partial charge in [-0.15, -0.1) is 0 Å². The number of aromatic nitrogens is 2. The number of urea groups is 1. The number of benzene rings is 2. The molecule has 8 heteroatoms. The largest absolute Gasteiger partial charge is 0.449 e. The van der Waals surface area contributed by atoms with Crippen molar-refractivity contribution in [1.29, 1.82) is 0 Å². The maximum Gasteiger partial charge on any atom is 0.342 e. The number of hydrogen-bond acceptors (Lipinski definition) is 5. The number of carbonyl (C=O) groups is 3. The summed E-state index contributed by atoms with van der Waals surface area (Å²) in [6.45, 7) is 3.84. The highest BCUT2D eigenvalue weighted by atomic mass is 16.5. The third-order valence-electron chi connectivity index (χ3n) is 4.61. The number of amides is 3. The summed E-state index contributed by atoms with van der Waals surface area (Å²) in [5.74, 6) is -1.42. The van der Waals surface area contributed by atoms with Crippen LogP contribution in [0.5, 0.6) is 0 Å². The second-order valence-corrected chi connectivity index (χ2v) is 7.06. The molecule has 0 fully saturated rings. The smallest absolute Gasteiger partial charge is 0.342 e. The molecule has 0 aliphatic rings. The number of rotatable bonds is 6. The summed E-state index contributed by atoms with van der Waals surface area (Å²) in [6, 6.07) is 16.7. The summed E-state index contributed by atoms with van der Waals surface area (Å²) in [4.78, 5) is 36.3. The van der Waals surface area contributed by atoms with Gasteiger partial charge in [0, 0.05) is 18.8 Å². The van der Waals surface area contributed by atoms with E-state index in [2.05, 4.69) is 15.7 Å². The number of ether oxygens (including phenoxy) is 1. The lowest BCUT2D eigenvalue weighted by molar-refractivity contribution is -0.127. The average molecular weight is 420 g/mol. The van der Waals surface area contributed by atoms with Crippen LogP contribution in [0.3, 0.4) is 0 Å². The van der Waals surface area contributed by atoms with Crippen LogP contribution in [0.4, 0.5) is 4.79 Å². The maximum absolute atomic E-state index is 12.9. The summed E-state index contributed by atoms with van der Waals surface area (Å²) < 4.78 is 6.97. The van der Waals surface area contributed by atoms with Crippen LogP contribution in [0.25, 0.3) is 11.3 Å². The number of nitrogens with zero attached hydrogens (tertiary/aromatic N) is 2. The lowest BCUT2D eigenvalue weighted by Gasteiger charge is -2.12. The monoisotopic (exact) mass is 420 g/mol. The van der Waals surface area contributed by atoms with E-state index in [0.29, 0.717) is 12.2 Å². The molecule has 0 aliphatic carbocycles. The van der Waals surface area contributed by atoms with Gasteiger partial charge in [0.1, 0.15) is 11.3 Å². The third-order valence-corrected chi connectivity index (χ3v) is 4.61. The van der Waals surface area contributed by atoms with Gasteiger partial charge in [-0.05, 0) is 19.4 Å². The van der Waals surface area contributed by atoms with Crippen molar-refractivity contribution in [3.63, 3.8) is 0 Å². The summed E-state index contributed by atoms with van der Waals surface area (Å²) >= 11 is 0. The van der Waals surface area contributed by atoms with Gasteiger partial charge in [-0.2, -0.15) is 5.10 Å².